The van der Waals surface area contributed by atoms with Gasteiger partial charge >= 0.3 is 0 Å². The molecule has 0 aromatic heterocycles. The number of rotatable bonds is 7. The third kappa shape index (κ3) is 6.40. The minimum atomic E-state index is -0.335. The normalized spacial score (nSPS) is 12.9. The molecule has 0 spiro atoms. The molecule has 2 N–H and O–H groups in total. The fourth-order valence-corrected chi connectivity index (χ4v) is 3.64. The number of nitrogens with one attached hydrogen (secondary N) is 2. The first kappa shape index (κ1) is 23.5. The van der Waals surface area contributed by atoms with Crippen molar-refractivity contribution >= 4 is 58.0 Å². The van der Waals surface area contributed by atoms with Crippen molar-refractivity contribution in [1.29, 1.82) is 0 Å². The highest BCUT2D eigenvalue weighted by molar-refractivity contribution is 6.39. The molecule has 0 fully saturated rings. The summed E-state index contributed by atoms with van der Waals surface area (Å²) in [5.41, 5.74) is 0.759. The van der Waals surface area contributed by atoms with Crippen LogP contribution in [0.15, 0.2) is 30.3 Å². The van der Waals surface area contributed by atoms with E-state index in [4.69, 9.17) is 44.3 Å². The number of amides is 2. The van der Waals surface area contributed by atoms with E-state index < -0.39 is 0 Å². The first-order valence-electron chi connectivity index (χ1n) is 9.72. The monoisotopic (exact) mass is 485 g/mol. The molecule has 7 nitrogen and oxygen atoms in total. The largest absolute Gasteiger partial charge is 0.490 e. The number of anilines is 2. The van der Waals surface area contributed by atoms with Crippen molar-refractivity contribution in [2.24, 2.45) is 0 Å². The smallest absolute Gasteiger partial charge is 0.238 e. The standard InChI is InChI=1S/C21H22Cl3N3O4/c1-2-27(12-20(29)26-21-13(22)5-3-6-14(21)23)11-19(28)25-16-10-18-17(9-15(16)24)30-7-4-8-31-18/h3,5-6,9-10H,2,4,7-8,11-12H2,1H3,(H,25,28)(H,26,29). The molecule has 31 heavy (non-hydrogen) atoms. The molecular formula is C21H22Cl3N3O4. The third-order valence-electron chi connectivity index (χ3n) is 4.52. The van der Waals surface area contributed by atoms with E-state index >= 15 is 0 Å². The Morgan fingerprint density at radius 3 is 2.13 bits per heavy atom. The quantitative estimate of drug-likeness (QED) is 0.593. The van der Waals surface area contributed by atoms with Gasteiger partial charge in [-0.2, -0.15) is 0 Å². The molecule has 0 saturated heterocycles. The summed E-state index contributed by atoms with van der Waals surface area (Å²) in [5.74, 6) is 0.422. The van der Waals surface area contributed by atoms with Gasteiger partial charge in [-0.05, 0) is 18.7 Å². The van der Waals surface area contributed by atoms with Crippen molar-refractivity contribution in [2.45, 2.75) is 13.3 Å². The molecule has 0 saturated carbocycles. The second-order valence-electron chi connectivity index (χ2n) is 6.83. The molecule has 3 rings (SSSR count). The summed E-state index contributed by atoms with van der Waals surface area (Å²) >= 11 is 18.5. The van der Waals surface area contributed by atoms with E-state index in [0.29, 0.717) is 57.7 Å². The number of hydrogen-bond acceptors (Lipinski definition) is 5. The lowest BCUT2D eigenvalue weighted by Gasteiger charge is -2.20. The van der Waals surface area contributed by atoms with E-state index in [9.17, 15) is 9.59 Å². The van der Waals surface area contributed by atoms with Crippen LogP contribution in [-0.2, 0) is 9.59 Å². The number of likely N-dealkylation sites (N-methyl/N-ethyl adjacent to an activating group) is 1. The van der Waals surface area contributed by atoms with Crippen molar-refractivity contribution in [3.8, 4) is 11.5 Å². The Kier molecular flexibility index (Phi) is 8.26. The van der Waals surface area contributed by atoms with Gasteiger partial charge in [0, 0.05) is 18.6 Å². The molecular weight excluding hydrogens is 465 g/mol. The zero-order valence-electron chi connectivity index (χ0n) is 16.8. The van der Waals surface area contributed by atoms with E-state index in [0.717, 1.165) is 6.42 Å². The van der Waals surface area contributed by atoms with Crippen LogP contribution in [0, 0.1) is 0 Å². The first-order valence-corrected chi connectivity index (χ1v) is 10.9. The van der Waals surface area contributed by atoms with Crippen LogP contribution in [0.5, 0.6) is 11.5 Å². The predicted octanol–water partition coefficient (Wildman–Crippen LogP) is 4.71. The Labute approximate surface area is 195 Å². The Hall–Kier alpha value is -2.19. The molecule has 166 valence electrons. The van der Waals surface area contributed by atoms with Gasteiger partial charge in [-0.15, -0.1) is 0 Å². The number of nitrogens with zero attached hydrogens (tertiary/aromatic N) is 1. The van der Waals surface area contributed by atoms with Gasteiger partial charge in [-0.1, -0.05) is 47.8 Å². The van der Waals surface area contributed by atoms with Crippen LogP contribution in [0.4, 0.5) is 11.4 Å². The fraction of sp³-hybridized carbons (Fsp3) is 0.333. The Balaban J connectivity index is 1.60. The van der Waals surface area contributed by atoms with Crippen LogP contribution in [0.3, 0.4) is 0 Å². The minimum absolute atomic E-state index is 0.00898. The SMILES string of the molecule is CCN(CC(=O)Nc1cc2c(cc1Cl)OCCCO2)CC(=O)Nc1c(Cl)cccc1Cl. The second kappa shape index (κ2) is 10.9. The molecule has 2 amide bonds. The van der Waals surface area contributed by atoms with Crippen LogP contribution >= 0.6 is 34.8 Å². The molecule has 0 bridgehead atoms. The predicted molar refractivity (Wildman–Crippen MR) is 123 cm³/mol. The summed E-state index contributed by atoms with van der Waals surface area (Å²) in [6, 6.07) is 8.22. The van der Waals surface area contributed by atoms with Gasteiger partial charge in [0.25, 0.3) is 0 Å². The molecule has 0 aliphatic carbocycles. The average molecular weight is 487 g/mol. The number of para-hydroxylation sites is 1. The average Bonchev–Trinajstić information content (AvgIpc) is 2.95. The number of carbonyl (C=O) groups is 2. The number of hydrogen-bond donors (Lipinski definition) is 2. The molecule has 2 aromatic rings. The van der Waals surface area contributed by atoms with Crippen molar-refractivity contribution in [2.75, 3.05) is 43.5 Å². The van der Waals surface area contributed by atoms with Gasteiger partial charge in [0.2, 0.25) is 11.8 Å². The molecule has 0 unspecified atom stereocenters. The van der Waals surface area contributed by atoms with Gasteiger partial charge in [-0.25, -0.2) is 0 Å². The van der Waals surface area contributed by atoms with Crippen LogP contribution < -0.4 is 20.1 Å². The molecule has 1 aliphatic heterocycles. The lowest BCUT2D eigenvalue weighted by atomic mass is 10.2. The van der Waals surface area contributed by atoms with Gasteiger partial charge in [0.1, 0.15) is 0 Å². The Morgan fingerprint density at radius 2 is 1.52 bits per heavy atom. The van der Waals surface area contributed by atoms with Crippen molar-refractivity contribution < 1.29 is 19.1 Å². The van der Waals surface area contributed by atoms with Gasteiger partial charge in [0.05, 0.1) is 52.7 Å². The van der Waals surface area contributed by atoms with Crippen LogP contribution in [-0.4, -0.2) is 49.6 Å². The lowest BCUT2D eigenvalue weighted by molar-refractivity contribution is -0.119. The van der Waals surface area contributed by atoms with Crippen LogP contribution in [0.25, 0.3) is 0 Å². The molecule has 1 heterocycles. The molecule has 1 aliphatic rings. The number of carbonyl (C=O) groups excluding carboxylic acids is 2. The molecule has 10 heteroatoms. The first-order chi connectivity index (χ1) is 14.9. The molecule has 2 aromatic carbocycles. The van der Waals surface area contributed by atoms with E-state index in [1.54, 1.807) is 35.2 Å². The number of halogens is 3. The maximum atomic E-state index is 12.6. The van der Waals surface area contributed by atoms with Gasteiger partial charge in [-0.3, -0.25) is 14.5 Å². The summed E-state index contributed by atoms with van der Waals surface area (Å²) in [6.45, 7) is 3.37. The van der Waals surface area contributed by atoms with Crippen LogP contribution in [0.2, 0.25) is 15.1 Å². The Morgan fingerprint density at radius 1 is 0.935 bits per heavy atom. The number of ether oxygens (including phenoxy) is 2. The van der Waals surface area contributed by atoms with Crippen molar-refractivity contribution in [1.82, 2.24) is 4.90 Å². The highest BCUT2D eigenvalue weighted by atomic mass is 35.5. The zero-order chi connectivity index (χ0) is 22.4. The van der Waals surface area contributed by atoms with Crippen molar-refractivity contribution in [3.63, 3.8) is 0 Å². The summed E-state index contributed by atoms with van der Waals surface area (Å²) in [4.78, 5) is 26.7. The van der Waals surface area contributed by atoms with E-state index in [-0.39, 0.29) is 24.9 Å². The lowest BCUT2D eigenvalue weighted by Crippen LogP contribution is -2.38. The minimum Gasteiger partial charge on any atom is -0.490 e. The Bertz CT molecular complexity index is 951. The van der Waals surface area contributed by atoms with Gasteiger partial charge < -0.3 is 20.1 Å². The van der Waals surface area contributed by atoms with Crippen LogP contribution in [0.1, 0.15) is 13.3 Å². The maximum absolute atomic E-state index is 12.6. The zero-order valence-corrected chi connectivity index (χ0v) is 19.1. The molecule has 0 atom stereocenters. The third-order valence-corrected chi connectivity index (χ3v) is 5.46. The maximum Gasteiger partial charge on any atom is 0.238 e. The highest BCUT2D eigenvalue weighted by Gasteiger charge is 2.18. The molecule has 0 radical (unpaired) electrons. The summed E-state index contributed by atoms with van der Waals surface area (Å²) < 4.78 is 11.2. The highest BCUT2D eigenvalue weighted by Crippen LogP contribution is 2.37. The number of fused-ring (bicyclic) bond motifs is 1. The van der Waals surface area contributed by atoms with Gasteiger partial charge in [0.15, 0.2) is 11.5 Å². The topological polar surface area (TPSA) is 79.9 Å². The van der Waals surface area contributed by atoms with E-state index in [2.05, 4.69) is 10.6 Å². The summed E-state index contributed by atoms with van der Waals surface area (Å²) in [5, 5.41) is 6.47. The van der Waals surface area contributed by atoms with E-state index in [1.807, 2.05) is 6.92 Å². The second-order valence-corrected chi connectivity index (χ2v) is 8.05. The van der Waals surface area contributed by atoms with E-state index in [1.165, 1.54) is 0 Å². The summed E-state index contributed by atoms with van der Waals surface area (Å²) in [7, 11) is 0. The summed E-state index contributed by atoms with van der Waals surface area (Å²) in [6.07, 6.45) is 0.765. The van der Waals surface area contributed by atoms with Crippen molar-refractivity contribution in [3.05, 3.63) is 45.4 Å². The fourth-order valence-electron chi connectivity index (χ4n) is 2.95. The number of benzene rings is 2.